The smallest absolute Gasteiger partial charge is 0.249 e. The average Bonchev–Trinajstić information content (AvgIpc) is 2.33. The van der Waals surface area contributed by atoms with Crippen LogP contribution in [0.2, 0.25) is 0 Å². The summed E-state index contributed by atoms with van der Waals surface area (Å²) in [6.07, 6.45) is 2.32. The minimum atomic E-state index is -0.405. The van der Waals surface area contributed by atoms with Gasteiger partial charge in [0.2, 0.25) is 11.8 Å². The van der Waals surface area contributed by atoms with E-state index in [0.29, 0.717) is 24.6 Å². The van der Waals surface area contributed by atoms with E-state index < -0.39 is 6.04 Å². The van der Waals surface area contributed by atoms with E-state index >= 15 is 0 Å². The Morgan fingerprint density at radius 1 is 1.39 bits per heavy atom. The van der Waals surface area contributed by atoms with Crippen molar-refractivity contribution in [1.29, 1.82) is 0 Å². The number of nitrogens with zero attached hydrogens (tertiary/aromatic N) is 2. The van der Waals surface area contributed by atoms with E-state index in [1.54, 1.807) is 0 Å². The fourth-order valence-corrected chi connectivity index (χ4v) is 1.78. The lowest BCUT2D eigenvalue weighted by molar-refractivity contribution is -0.133. The third-order valence-corrected chi connectivity index (χ3v) is 2.84. The highest BCUT2D eigenvalue weighted by Crippen LogP contribution is 2.16. The van der Waals surface area contributed by atoms with Crippen LogP contribution in [0.25, 0.3) is 0 Å². The van der Waals surface area contributed by atoms with Crippen LogP contribution in [0.15, 0.2) is 12.4 Å². The monoisotopic (exact) mass is 248 g/mol. The molecule has 0 aliphatic carbocycles. The number of nitrogens with one attached hydrogen (secondary N) is 2. The Bertz CT molecular complexity index is 473. The van der Waals surface area contributed by atoms with Crippen LogP contribution in [-0.4, -0.2) is 27.8 Å². The van der Waals surface area contributed by atoms with Gasteiger partial charge in [-0.2, -0.15) is 0 Å². The molecule has 2 N–H and O–H groups in total. The lowest BCUT2D eigenvalue weighted by atomic mass is 10.1. The van der Waals surface area contributed by atoms with Crippen LogP contribution in [-0.2, 0) is 9.59 Å². The first-order valence-corrected chi connectivity index (χ1v) is 5.98. The number of piperidine rings is 1. The van der Waals surface area contributed by atoms with Gasteiger partial charge in [-0.15, -0.1) is 0 Å². The number of amides is 2. The van der Waals surface area contributed by atoms with Gasteiger partial charge in [-0.3, -0.25) is 14.9 Å². The molecule has 1 fully saturated rings. The molecule has 1 aliphatic rings. The second-order valence-corrected chi connectivity index (χ2v) is 4.63. The normalized spacial score (nSPS) is 19.8. The maximum absolute atomic E-state index is 11.6. The van der Waals surface area contributed by atoms with Gasteiger partial charge in [0, 0.05) is 18.2 Å². The molecule has 18 heavy (non-hydrogen) atoms. The van der Waals surface area contributed by atoms with Gasteiger partial charge in [0.15, 0.2) is 0 Å². The van der Waals surface area contributed by atoms with Crippen molar-refractivity contribution < 1.29 is 9.59 Å². The zero-order valence-electron chi connectivity index (χ0n) is 10.4. The molecule has 0 spiro atoms. The molecular formula is C12H16N4O2. The third-order valence-electron chi connectivity index (χ3n) is 2.84. The standard InChI is InChI=1S/C12H16N4O2/c1-7(2)9-5-10(14-6-13-9)15-8-3-4-11(17)16-12(8)18/h5-8H,3-4H2,1-2H3,(H,13,14,15)(H,16,17,18). The molecular weight excluding hydrogens is 232 g/mol. The van der Waals surface area contributed by atoms with Crippen molar-refractivity contribution in [3.05, 3.63) is 18.1 Å². The highest BCUT2D eigenvalue weighted by atomic mass is 16.2. The summed E-state index contributed by atoms with van der Waals surface area (Å²) in [5, 5.41) is 5.33. The van der Waals surface area contributed by atoms with E-state index in [1.165, 1.54) is 6.33 Å². The van der Waals surface area contributed by atoms with Crippen LogP contribution in [0.1, 0.15) is 38.3 Å². The summed E-state index contributed by atoms with van der Waals surface area (Å²) in [6.45, 7) is 4.08. The van der Waals surface area contributed by atoms with Gasteiger partial charge in [0.1, 0.15) is 18.2 Å². The van der Waals surface area contributed by atoms with E-state index in [-0.39, 0.29) is 11.8 Å². The van der Waals surface area contributed by atoms with Crippen molar-refractivity contribution in [2.45, 2.75) is 38.6 Å². The Balaban J connectivity index is 2.07. The van der Waals surface area contributed by atoms with Crippen LogP contribution in [0.5, 0.6) is 0 Å². The molecule has 0 aromatic carbocycles. The molecule has 2 amide bonds. The van der Waals surface area contributed by atoms with Crippen LogP contribution >= 0.6 is 0 Å². The fourth-order valence-electron chi connectivity index (χ4n) is 1.78. The molecule has 2 rings (SSSR count). The van der Waals surface area contributed by atoms with Gasteiger partial charge in [0.25, 0.3) is 0 Å². The fraction of sp³-hybridized carbons (Fsp3) is 0.500. The second kappa shape index (κ2) is 5.12. The zero-order chi connectivity index (χ0) is 13.1. The van der Waals surface area contributed by atoms with Crippen molar-refractivity contribution in [1.82, 2.24) is 15.3 Å². The first-order valence-electron chi connectivity index (χ1n) is 5.98. The average molecular weight is 248 g/mol. The lowest BCUT2D eigenvalue weighted by Crippen LogP contribution is -2.47. The maximum Gasteiger partial charge on any atom is 0.249 e. The van der Waals surface area contributed by atoms with E-state index in [9.17, 15) is 9.59 Å². The first kappa shape index (κ1) is 12.5. The summed E-state index contributed by atoms with van der Waals surface area (Å²) < 4.78 is 0. The van der Waals surface area contributed by atoms with Gasteiger partial charge in [-0.1, -0.05) is 13.8 Å². The molecule has 0 saturated carbocycles. The van der Waals surface area contributed by atoms with Gasteiger partial charge in [-0.25, -0.2) is 9.97 Å². The predicted octanol–water partition coefficient (Wildman–Crippen LogP) is 0.817. The molecule has 96 valence electrons. The van der Waals surface area contributed by atoms with Gasteiger partial charge >= 0.3 is 0 Å². The third kappa shape index (κ3) is 2.82. The molecule has 2 heterocycles. The van der Waals surface area contributed by atoms with Crippen LogP contribution in [0.3, 0.4) is 0 Å². The number of carbonyl (C=O) groups excluding carboxylic acids is 2. The Morgan fingerprint density at radius 3 is 2.83 bits per heavy atom. The highest BCUT2D eigenvalue weighted by Gasteiger charge is 2.26. The van der Waals surface area contributed by atoms with E-state index in [2.05, 4.69) is 20.6 Å². The maximum atomic E-state index is 11.6. The Kier molecular flexibility index (Phi) is 3.55. The number of hydrogen-bond acceptors (Lipinski definition) is 5. The molecule has 1 aromatic rings. The summed E-state index contributed by atoms with van der Waals surface area (Å²) in [4.78, 5) is 30.9. The molecule has 1 aliphatic heterocycles. The molecule has 6 heteroatoms. The summed E-state index contributed by atoms with van der Waals surface area (Å²) >= 11 is 0. The number of carbonyl (C=O) groups is 2. The SMILES string of the molecule is CC(C)c1cc(NC2CCC(=O)NC2=O)ncn1. The van der Waals surface area contributed by atoms with E-state index in [1.807, 2.05) is 19.9 Å². The molecule has 0 radical (unpaired) electrons. The summed E-state index contributed by atoms with van der Waals surface area (Å²) in [5.74, 6) is 0.401. The van der Waals surface area contributed by atoms with Crippen molar-refractivity contribution >= 4 is 17.6 Å². The van der Waals surface area contributed by atoms with Crippen LogP contribution < -0.4 is 10.6 Å². The highest BCUT2D eigenvalue weighted by molar-refractivity contribution is 6.01. The van der Waals surface area contributed by atoms with Crippen molar-refractivity contribution in [2.75, 3.05) is 5.32 Å². The number of rotatable bonds is 3. The van der Waals surface area contributed by atoms with Crippen LogP contribution in [0, 0.1) is 0 Å². The van der Waals surface area contributed by atoms with E-state index in [4.69, 9.17) is 0 Å². The minimum Gasteiger partial charge on any atom is -0.358 e. The molecule has 1 unspecified atom stereocenters. The number of hydrogen-bond donors (Lipinski definition) is 2. The van der Waals surface area contributed by atoms with Gasteiger partial charge in [-0.05, 0) is 12.3 Å². The number of imide groups is 1. The largest absolute Gasteiger partial charge is 0.358 e. The van der Waals surface area contributed by atoms with E-state index in [0.717, 1.165) is 5.69 Å². The summed E-state index contributed by atoms with van der Waals surface area (Å²) in [6, 6.07) is 1.42. The molecule has 1 aromatic heterocycles. The topological polar surface area (TPSA) is 84.0 Å². The Hall–Kier alpha value is -1.98. The second-order valence-electron chi connectivity index (χ2n) is 4.63. The van der Waals surface area contributed by atoms with Crippen molar-refractivity contribution in [2.24, 2.45) is 0 Å². The first-order chi connectivity index (χ1) is 8.56. The number of aromatic nitrogens is 2. The quantitative estimate of drug-likeness (QED) is 0.773. The molecule has 0 bridgehead atoms. The lowest BCUT2D eigenvalue weighted by Gasteiger charge is -2.22. The van der Waals surface area contributed by atoms with Gasteiger partial charge in [0.05, 0.1) is 0 Å². The predicted molar refractivity (Wildman–Crippen MR) is 65.9 cm³/mol. The zero-order valence-corrected chi connectivity index (χ0v) is 10.4. The Labute approximate surface area is 105 Å². The molecule has 6 nitrogen and oxygen atoms in total. The van der Waals surface area contributed by atoms with Gasteiger partial charge < -0.3 is 5.32 Å². The molecule has 1 saturated heterocycles. The summed E-state index contributed by atoms with van der Waals surface area (Å²) in [5.41, 5.74) is 0.916. The summed E-state index contributed by atoms with van der Waals surface area (Å²) in [7, 11) is 0. The van der Waals surface area contributed by atoms with Crippen molar-refractivity contribution in [3.8, 4) is 0 Å². The van der Waals surface area contributed by atoms with Crippen molar-refractivity contribution in [3.63, 3.8) is 0 Å². The minimum absolute atomic E-state index is 0.219. The molecule has 1 atom stereocenters. The van der Waals surface area contributed by atoms with Crippen LogP contribution in [0.4, 0.5) is 5.82 Å². The number of anilines is 1. The Morgan fingerprint density at radius 2 is 2.17 bits per heavy atom.